The maximum Gasteiger partial charge on any atom is 0.342 e. The Kier molecular flexibility index (Phi) is 3.83. The zero-order valence-electron chi connectivity index (χ0n) is 9.37. The lowest BCUT2D eigenvalue weighted by Crippen LogP contribution is -2.45. The zero-order valence-corrected chi connectivity index (χ0v) is 9.37. The highest BCUT2D eigenvalue weighted by molar-refractivity contribution is 5.00. The molecule has 1 aromatic rings. The maximum atomic E-state index is 11.2. The molecule has 0 amide bonds. The molecular weight excluding hydrogens is 212 g/mol. The van der Waals surface area contributed by atoms with Crippen LogP contribution in [0.3, 0.4) is 0 Å². The standard InChI is InChI=1S/C9H16N4O3/c1-3-9(10,4-2)5-16-7-6(14)11-8(15)13-12-7/h3-5,10H2,1-2H3,(H2,11,13,14,15). The smallest absolute Gasteiger partial charge is 0.342 e. The number of nitrogens with two attached hydrogens (primary N) is 1. The van der Waals surface area contributed by atoms with E-state index >= 15 is 0 Å². The van der Waals surface area contributed by atoms with Crippen molar-refractivity contribution in [2.75, 3.05) is 6.61 Å². The summed E-state index contributed by atoms with van der Waals surface area (Å²) in [7, 11) is 0. The van der Waals surface area contributed by atoms with Crippen molar-refractivity contribution in [1.82, 2.24) is 15.2 Å². The Morgan fingerprint density at radius 2 is 2.00 bits per heavy atom. The van der Waals surface area contributed by atoms with Crippen molar-refractivity contribution in [3.63, 3.8) is 0 Å². The fraction of sp³-hybridized carbons (Fsp3) is 0.667. The van der Waals surface area contributed by atoms with Crippen LogP contribution in [0.4, 0.5) is 0 Å². The van der Waals surface area contributed by atoms with E-state index in [9.17, 15) is 9.59 Å². The fourth-order valence-corrected chi connectivity index (χ4v) is 1.10. The summed E-state index contributed by atoms with van der Waals surface area (Å²) in [5.74, 6) is -0.170. The number of hydrogen-bond acceptors (Lipinski definition) is 5. The summed E-state index contributed by atoms with van der Waals surface area (Å²) in [5.41, 5.74) is 4.19. The van der Waals surface area contributed by atoms with E-state index < -0.39 is 16.8 Å². The molecule has 0 aliphatic carbocycles. The van der Waals surface area contributed by atoms with Gasteiger partial charge < -0.3 is 10.5 Å². The third kappa shape index (κ3) is 2.93. The summed E-state index contributed by atoms with van der Waals surface area (Å²) >= 11 is 0. The van der Waals surface area contributed by atoms with Gasteiger partial charge in [0, 0.05) is 5.54 Å². The summed E-state index contributed by atoms with van der Waals surface area (Å²) in [6.45, 7) is 4.07. The minimum absolute atomic E-state index is 0.170. The van der Waals surface area contributed by atoms with Crippen LogP contribution < -0.4 is 21.7 Å². The second-order valence-electron chi connectivity index (χ2n) is 3.67. The molecule has 0 spiro atoms. The predicted molar refractivity (Wildman–Crippen MR) is 58.5 cm³/mol. The number of aromatic amines is 2. The Labute approximate surface area is 92.0 Å². The average Bonchev–Trinajstić information content (AvgIpc) is 2.27. The van der Waals surface area contributed by atoms with Crippen molar-refractivity contribution < 1.29 is 4.74 Å². The number of nitrogens with one attached hydrogen (secondary N) is 2. The second-order valence-corrected chi connectivity index (χ2v) is 3.67. The monoisotopic (exact) mass is 228 g/mol. The molecule has 0 atom stereocenters. The Balaban J connectivity index is 2.75. The second kappa shape index (κ2) is 4.93. The van der Waals surface area contributed by atoms with Crippen molar-refractivity contribution in [2.45, 2.75) is 32.2 Å². The first-order valence-corrected chi connectivity index (χ1v) is 5.11. The van der Waals surface area contributed by atoms with Gasteiger partial charge in [0.25, 0.3) is 5.88 Å². The van der Waals surface area contributed by atoms with E-state index in [1.54, 1.807) is 0 Å². The van der Waals surface area contributed by atoms with Crippen LogP contribution in [0.2, 0.25) is 0 Å². The normalized spacial score (nSPS) is 11.4. The van der Waals surface area contributed by atoms with E-state index in [1.165, 1.54) is 0 Å². The molecule has 90 valence electrons. The van der Waals surface area contributed by atoms with Crippen molar-refractivity contribution in [2.24, 2.45) is 5.73 Å². The third-order valence-electron chi connectivity index (χ3n) is 2.58. The Bertz CT molecular complexity index is 447. The largest absolute Gasteiger partial charge is 0.471 e. The minimum atomic E-state index is -0.664. The van der Waals surface area contributed by atoms with Crippen LogP contribution in [0, 0.1) is 0 Å². The van der Waals surface area contributed by atoms with Crippen molar-refractivity contribution in [3.05, 3.63) is 20.8 Å². The third-order valence-corrected chi connectivity index (χ3v) is 2.58. The van der Waals surface area contributed by atoms with Crippen molar-refractivity contribution in [1.29, 1.82) is 0 Å². The van der Waals surface area contributed by atoms with Crippen LogP contribution in [-0.4, -0.2) is 27.3 Å². The molecule has 0 aliphatic rings. The van der Waals surface area contributed by atoms with Gasteiger partial charge in [-0.1, -0.05) is 13.8 Å². The van der Waals surface area contributed by atoms with E-state index in [1.807, 2.05) is 18.8 Å². The van der Waals surface area contributed by atoms with Crippen LogP contribution in [0.25, 0.3) is 0 Å². The van der Waals surface area contributed by atoms with Crippen LogP contribution in [0.15, 0.2) is 9.59 Å². The number of nitrogens with zero attached hydrogens (tertiary/aromatic N) is 1. The lowest BCUT2D eigenvalue weighted by atomic mass is 9.96. The Morgan fingerprint density at radius 1 is 1.38 bits per heavy atom. The minimum Gasteiger partial charge on any atom is -0.471 e. The first-order valence-electron chi connectivity index (χ1n) is 5.11. The highest BCUT2D eigenvalue weighted by atomic mass is 16.5. The first-order chi connectivity index (χ1) is 7.50. The van der Waals surface area contributed by atoms with Gasteiger partial charge in [-0.05, 0) is 12.8 Å². The van der Waals surface area contributed by atoms with Gasteiger partial charge in [-0.15, -0.1) is 5.10 Å². The number of H-pyrrole nitrogens is 2. The van der Waals surface area contributed by atoms with Crippen LogP contribution in [0.5, 0.6) is 5.88 Å². The van der Waals surface area contributed by atoms with Gasteiger partial charge in [0.2, 0.25) is 0 Å². The molecule has 0 aromatic carbocycles. The summed E-state index contributed by atoms with van der Waals surface area (Å²) in [4.78, 5) is 23.9. The lowest BCUT2D eigenvalue weighted by Gasteiger charge is -2.25. The summed E-state index contributed by atoms with van der Waals surface area (Å²) in [6, 6.07) is 0. The quantitative estimate of drug-likeness (QED) is 0.620. The highest BCUT2D eigenvalue weighted by Crippen LogP contribution is 2.11. The first kappa shape index (κ1) is 12.4. The molecule has 0 radical (unpaired) electrons. The molecule has 0 saturated heterocycles. The molecule has 0 bridgehead atoms. The predicted octanol–water partition coefficient (Wildman–Crippen LogP) is -0.645. The Hall–Kier alpha value is -1.63. The number of hydrogen-bond donors (Lipinski definition) is 3. The molecule has 16 heavy (non-hydrogen) atoms. The SMILES string of the molecule is CCC(N)(CC)COc1n[nH]c(=O)[nH]c1=O. The summed E-state index contributed by atoms with van der Waals surface area (Å²) in [6.07, 6.45) is 1.45. The molecule has 1 heterocycles. The molecule has 0 fully saturated rings. The van der Waals surface area contributed by atoms with E-state index in [4.69, 9.17) is 10.5 Å². The lowest BCUT2D eigenvalue weighted by molar-refractivity contribution is 0.196. The number of aromatic nitrogens is 3. The van der Waals surface area contributed by atoms with Gasteiger partial charge in [0.15, 0.2) is 0 Å². The maximum absolute atomic E-state index is 11.2. The molecular formula is C9H16N4O3. The Morgan fingerprint density at radius 3 is 2.50 bits per heavy atom. The molecule has 7 heteroatoms. The molecule has 1 aromatic heterocycles. The van der Waals surface area contributed by atoms with Crippen LogP contribution in [0.1, 0.15) is 26.7 Å². The highest BCUT2D eigenvalue weighted by Gasteiger charge is 2.22. The zero-order chi connectivity index (χ0) is 12.2. The number of rotatable bonds is 5. The van der Waals surface area contributed by atoms with Gasteiger partial charge in [-0.25, -0.2) is 9.89 Å². The van der Waals surface area contributed by atoms with Gasteiger partial charge >= 0.3 is 11.2 Å². The summed E-state index contributed by atoms with van der Waals surface area (Å²) < 4.78 is 5.19. The van der Waals surface area contributed by atoms with Gasteiger partial charge in [-0.2, -0.15) is 0 Å². The van der Waals surface area contributed by atoms with Crippen molar-refractivity contribution in [3.8, 4) is 5.88 Å². The van der Waals surface area contributed by atoms with E-state index in [0.29, 0.717) is 0 Å². The van der Waals surface area contributed by atoms with E-state index in [2.05, 4.69) is 10.2 Å². The van der Waals surface area contributed by atoms with Gasteiger partial charge in [0.1, 0.15) is 6.61 Å². The van der Waals surface area contributed by atoms with Crippen LogP contribution in [-0.2, 0) is 0 Å². The van der Waals surface area contributed by atoms with E-state index in [-0.39, 0.29) is 12.5 Å². The molecule has 7 nitrogen and oxygen atoms in total. The van der Waals surface area contributed by atoms with Crippen molar-refractivity contribution >= 4 is 0 Å². The average molecular weight is 228 g/mol. The molecule has 1 rings (SSSR count). The van der Waals surface area contributed by atoms with Gasteiger partial charge in [-0.3, -0.25) is 9.78 Å². The van der Waals surface area contributed by atoms with Crippen LogP contribution >= 0.6 is 0 Å². The van der Waals surface area contributed by atoms with E-state index in [0.717, 1.165) is 12.8 Å². The number of ether oxygens (including phenoxy) is 1. The molecule has 4 N–H and O–H groups in total. The molecule has 0 unspecified atom stereocenters. The molecule has 0 saturated carbocycles. The topological polar surface area (TPSA) is 114 Å². The van der Waals surface area contributed by atoms with Gasteiger partial charge in [0.05, 0.1) is 0 Å². The fourth-order valence-electron chi connectivity index (χ4n) is 1.10. The molecule has 0 aliphatic heterocycles. The summed E-state index contributed by atoms with van der Waals surface area (Å²) in [5, 5.41) is 5.58.